The summed E-state index contributed by atoms with van der Waals surface area (Å²) < 4.78 is 0. The van der Waals surface area contributed by atoms with Crippen LogP contribution in [0.5, 0.6) is 0 Å². The van der Waals surface area contributed by atoms with Gasteiger partial charge in [-0.05, 0) is 48.1 Å². The lowest BCUT2D eigenvalue weighted by Gasteiger charge is -2.27. The summed E-state index contributed by atoms with van der Waals surface area (Å²) >= 11 is 5.87. The van der Waals surface area contributed by atoms with Crippen molar-refractivity contribution >= 4 is 40.1 Å². The van der Waals surface area contributed by atoms with Crippen LogP contribution >= 0.6 is 11.6 Å². The maximum Gasteiger partial charge on any atom is 0.261 e. The average Bonchev–Trinajstić information content (AvgIpc) is 2.75. The monoisotopic (exact) mass is 420 g/mol. The Morgan fingerprint density at radius 2 is 1.53 bits per heavy atom. The molecule has 4 rings (SSSR count). The highest BCUT2D eigenvalue weighted by atomic mass is 35.5. The second-order valence-corrected chi connectivity index (χ2v) is 7.74. The normalized spacial score (nSPS) is 13.0. The Labute approximate surface area is 179 Å². The molecule has 3 aromatic rings. The molecular weight excluding hydrogens is 400 g/mol. The molecule has 6 heteroatoms. The highest BCUT2D eigenvalue weighted by Crippen LogP contribution is 2.30. The molecule has 30 heavy (non-hydrogen) atoms. The molecule has 0 spiro atoms. The van der Waals surface area contributed by atoms with Crippen molar-refractivity contribution in [2.75, 3.05) is 13.1 Å². The fourth-order valence-corrected chi connectivity index (χ4v) is 3.89. The van der Waals surface area contributed by atoms with E-state index in [1.807, 2.05) is 48.5 Å². The summed E-state index contributed by atoms with van der Waals surface area (Å²) in [6.07, 6.45) is 1.39. The summed E-state index contributed by atoms with van der Waals surface area (Å²) in [4.78, 5) is 39.0. The first kappa shape index (κ1) is 20.1. The van der Waals surface area contributed by atoms with E-state index in [-0.39, 0.29) is 30.7 Å². The van der Waals surface area contributed by atoms with Crippen molar-refractivity contribution < 1.29 is 14.4 Å². The van der Waals surface area contributed by atoms with E-state index in [2.05, 4.69) is 5.32 Å². The lowest BCUT2D eigenvalue weighted by Crippen LogP contribution is -2.41. The first-order valence-electron chi connectivity index (χ1n) is 9.93. The summed E-state index contributed by atoms with van der Waals surface area (Å²) in [7, 11) is 0. The van der Waals surface area contributed by atoms with Crippen molar-refractivity contribution in [2.45, 2.75) is 19.3 Å². The van der Waals surface area contributed by atoms with Crippen LogP contribution in [-0.2, 0) is 11.2 Å². The minimum atomic E-state index is -0.299. The van der Waals surface area contributed by atoms with Crippen LogP contribution in [0.1, 0.15) is 39.1 Å². The van der Waals surface area contributed by atoms with E-state index in [4.69, 9.17) is 11.6 Å². The fourth-order valence-electron chi connectivity index (χ4n) is 3.77. The summed E-state index contributed by atoms with van der Waals surface area (Å²) in [5.41, 5.74) is 2.17. The van der Waals surface area contributed by atoms with E-state index in [0.717, 1.165) is 10.9 Å². The van der Waals surface area contributed by atoms with Gasteiger partial charge in [-0.1, -0.05) is 48.0 Å². The Morgan fingerprint density at radius 1 is 0.900 bits per heavy atom. The molecule has 0 saturated heterocycles. The molecule has 0 aromatic heterocycles. The highest BCUT2D eigenvalue weighted by Gasteiger charge is 2.32. The molecule has 1 aliphatic rings. The topological polar surface area (TPSA) is 66.5 Å². The number of benzene rings is 3. The predicted octanol–water partition coefficient (Wildman–Crippen LogP) is 4.23. The van der Waals surface area contributed by atoms with Gasteiger partial charge in [-0.25, -0.2) is 0 Å². The van der Waals surface area contributed by atoms with Gasteiger partial charge in [0.2, 0.25) is 5.91 Å². The zero-order chi connectivity index (χ0) is 21.1. The Balaban J connectivity index is 1.31. The zero-order valence-electron chi connectivity index (χ0n) is 16.4. The summed E-state index contributed by atoms with van der Waals surface area (Å²) in [6.45, 7) is 0.740. The molecule has 1 aliphatic heterocycles. The van der Waals surface area contributed by atoms with Gasteiger partial charge in [0.05, 0.1) is 0 Å². The third kappa shape index (κ3) is 4.07. The Kier molecular flexibility index (Phi) is 5.81. The number of hydrogen-bond donors (Lipinski definition) is 1. The molecule has 1 heterocycles. The van der Waals surface area contributed by atoms with Gasteiger partial charge in [-0.3, -0.25) is 19.3 Å². The maximum absolute atomic E-state index is 12.8. The second-order valence-electron chi connectivity index (χ2n) is 7.30. The number of hydrogen-bond acceptors (Lipinski definition) is 3. The van der Waals surface area contributed by atoms with Crippen LogP contribution in [0.3, 0.4) is 0 Å². The molecule has 152 valence electrons. The van der Waals surface area contributed by atoms with Crippen LogP contribution in [0.2, 0.25) is 5.02 Å². The third-order valence-electron chi connectivity index (χ3n) is 5.29. The van der Waals surface area contributed by atoms with Gasteiger partial charge in [0.15, 0.2) is 0 Å². The Morgan fingerprint density at radius 3 is 2.17 bits per heavy atom. The second kappa shape index (κ2) is 8.67. The summed E-state index contributed by atoms with van der Waals surface area (Å²) in [6, 6.07) is 18.4. The number of carbonyl (C=O) groups is 3. The van der Waals surface area contributed by atoms with E-state index in [0.29, 0.717) is 40.9 Å². The molecule has 3 amide bonds. The number of halogens is 1. The van der Waals surface area contributed by atoms with Gasteiger partial charge in [0.25, 0.3) is 11.8 Å². The number of nitrogens with zero attached hydrogens (tertiary/aromatic N) is 1. The highest BCUT2D eigenvalue weighted by molar-refractivity contribution is 6.30. The van der Waals surface area contributed by atoms with Crippen LogP contribution in [0.4, 0.5) is 0 Å². The molecule has 0 aliphatic carbocycles. The van der Waals surface area contributed by atoms with E-state index in [1.54, 1.807) is 12.1 Å². The van der Waals surface area contributed by atoms with Crippen molar-refractivity contribution in [3.63, 3.8) is 0 Å². The van der Waals surface area contributed by atoms with Crippen LogP contribution < -0.4 is 5.32 Å². The largest absolute Gasteiger partial charge is 0.356 e. The summed E-state index contributed by atoms with van der Waals surface area (Å²) in [5.74, 6) is -0.691. The molecule has 0 bridgehead atoms. The first-order valence-corrected chi connectivity index (χ1v) is 10.3. The van der Waals surface area contributed by atoms with E-state index >= 15 is 0 Å². The molecule has 1 N–H and O–H groups in total. The Bertz CT molecular complexity index is 1070. The lowest BCUT2D eigenvalue weighted by molar-refractivity contribution is -0.121. The van der Waals surface area contributed by atoms with Crippen LogP contribution in [-0.4, -0.2) is 35.7 Å². The van der Waals surface area contributed by atoms with Gasteiger partial charge in [-0.15, -0.1) is 0 Å². The maximum atomic E-state index is 12.8. The van der Waals surface area contributed by atoms with Crippen molar-refractivity contribution in [1.29, 1.82) is 0 Å². The third-order valence-corrected chi connectivity index (χ3v) is 5.54. The van der Waals surface area contributed by atoms with E-state index in [9.17, 15) is 14.4 Å². The first-order chi connectivity index (χ1) is 14.5. The van der Waals surface area contributed by atoms with Crippen molar-refractivity contribution in [3.05, 3.63) is 82.4 Å². The van der Waals surface area contributed by atoms with Gasteiger partial charge in [0.1, 0.15) is 0 Å². The van der Waals surface area contributed by atoms with Crippen LogP contribution in [0, 0.1) is 0 Å². The molecule has 5 nitrogen and oxygen atoms in total. The molecule has 0 unspecified atom stereocenters. The van der Waals surface area contributed by atoms with Crippen molar-refractivity contribution in [1.82, 2.24) is 10.2 Å². The molecule has 0 fully saturated rings. The molecule has 3 aromatic carbocycles. The Hall–Kier alpha value is -3.18. The minimum absolute atomic E-state index is 0.0941. The lowest BCUT2D eigenvalue weighted by atomic mass is 9.94. The predicted molar refractivity (Wildman–Crippen MR) is 117 cm³/mol. The number of imide groups is 1. The minimum Gasteiger partial charge on any atom is -0.356 e. The standard InChI is InChI=1S/C24H21ClN2O3/c25-18-11-9-16(10-12-18)13-14-26-21(28)8-3-15-27-23(29)19-6-1-4-17-5-2-7-20(22(17)19)24(27)30/h1-2,4-7,9-12H,3,8,13-15H2,(H,26,28). The van der Waals surface area contributed by atoms with Gasteiger partial charge in [-0.2, -0.15) is 0 Å². The van der Waals surface area contributed by atoms with Crippen LogP contribution in [0.25, 0.3) is 10.8 Å². The van der Waals surface area contributed by atoms with Gasteiger partial charge < -0.3 is 5.32 Å². The zero-order valence-corrected chi connectivity index (χ0v) is 17.1. The fraction of sp³-hybridized carbons (Fsp3) is 0.208. The quantitative estimate of drug-likeness (QED) is 0.582. The van der Waals surface area contributed by atoms with Gasteiger partial charge >= 0.3 is 0 Å². The molecule has 0 radical (unpaired) electrons. The van der Waals surface area contributed by atoms with Crippen LogP contribution in [0.15, 0.2) is 60.7 Å². The van der Waals surface area contributed by atoms with E-state index in [1.165, 1.54) is 4.90 Å². The number of amides is 3. The number of nitrogens with one attached hydrogen (secondary N) is 1. The molecule has 0 saturated carbocycles. The number of carbonyl (C=O) groups excluding carboxylic acids is 3. The SMILES string of the molecule is O=C(CCCN1C(=O)c2cccc3cccc(c23)C1=O)NCCc1ccc(Cl)cc1. The van der Waals surface area contributed by atoms with Crippen molar-refractivity contribution in [2.24, 2.45) is 0 Å². The summed E-state index contributed by atoms with van der Waals surface area (Å²) in [5, 5.41) is 5.16. The number of rotatable bonds is 7. The average molecular weight is 421 g/mol. The van der Waals surface area contributed by atoms with E-state index < -0.39 is 0 Å². The smallest absolute Gasteiger partial charge is 0.261 e. The van der Waals surface area contributed by atoms with Gasteiger partial charge in [0, 0.05) is 41.0 Å². The molecular formula is C24H21ClN2O3. The molecule has 0 atom stereocenters. The van der Waals surface area contributed by atoms with Crippen molar-refractivity contribution in [3.8, 4) is 0 Å².